The number of nitrogens with zero attached hydrogens (tertiary/aromatic N) is 1. The average Bonchev–Trinajstić information content (AvgIpc) is 2.63. The second-order valence-corrected chi connectivity index (χ2v) is 7.96. The fourth-order valence-corrected chi connectivity index (χ4v) is 3.70. The van der Waals surface area contributed by atoms with Crippen LogP contribution >= 0.6 is 11.6 Å². The Hall–Kier alpha value is -2.05. The number of benzene rings is 1. The zero-order valence-corrected chi connectivity index (χ0v) is 16.5. The average molecular weight is 392 g/mol. The molecule has 146 valence electrons. The van der Waals surface area contributed by atoms with Crippen LogP contribution in [-0.4, -0.2) is 41.0 Å². The first kappa shape index (κ1) is 19.7. The molecule has 0 bridgehead atoms. The Morgan fingerprint density at radius 2 is 2.07 bits per heavy atom. The van der Waals surface area contributed by atoms with Crippen molar-refractivity contribution in [3.8, 4) is 5.75 Å². The van der Waals surface area contributed by atoms with Crippen molar-refractivity contribution < 1.29 is 9.53 Å². The van der Waals surface area contributed by atoms with E-state index in [0.717, 1.165) is 18.2 Å². The van der Waals surface area contributed by atoms with E-state index in [0.29, 0.717) is 41.6 Å². The summed E-state index contributed by atoms with van der Waals surface area (Å²) >= 11 is 6.30. The number of nitrogens with one attached hydrogen (secondary N) is 1. The number of hydrogen-bond donors (Lipinski definition) is 2. The highest BCUT2D eigenvalue weighted by atomic mass is 35.5. The molecule has 2 heterocycles. The van der Waals surface area contributed by atoms with Crippen LogP contribution in [0.1, 0.15) is 33.1 Å². The monoisotopic (exact) mass is 391 g/mol. The van der Waals surface area contributed by atoms with E-state index in [9.17, 15) is 9.59 Å². The number of fused-ring (bicyclic) bond motifs is 1. The van der Waals surface area contributed by atoms with Crippen molar-refractivity contribution in [2.75, 3.05) is 13.1 Å². The number of carbonyl (C=O) groups excluding carboxylic acids is 1. The van der Waals surface area contributed by atoms with Crippen LogP contribution in [0.15, 0.2) is 29.2 Å². The number of pyridine rings is 1. The molecule has 0 spiro atoms. The molecule has 1 aliphatic heterocycles. The number of ether oxygens (including phenoxy) is 1. The molecule has 7 heteroatoms. The summed E-state index contributed by atoms with van der Waals surface area (Å²) < 4.78 is 6.07. The van der Waals surface area contributed by atoms with Crippen molar-refractivity contribution in [1.29, 1.82) is 0 Å². The third-order valence-corrected chi connectivity index (χ3v) is 5.21. The van der Waals surface area contributed by atoms with Gasteiger partial charge in [0.25, 0.3) is 5.56 Å². The second-order valence-electron chi connectivity index (χ2n) is 7.56. The Labute approximate surface area is 163 Å². The molecule has 1 saturated heterocycles. The van der Waals surface area contributed by atoms with Gasteiger partial charge < -0.3 is 20.4 Å². The summed E-state index contributed by atoms with van der Waals surface area (Å²) in [6.45, 7) is 5.38. The molecule has 1 aliphatic rings. The molecule has 3 N–H and O–H groups in total. The van der Waals surface area contributed by atoms with Crippen LogP contribution in [-0.2, 0) is 4.79 Å². The maximum atomic E-state index is 12.4. The molecule has 27 heavy (non-hydrogen) atoms. The predicted octanol–water partition coefficient (Wildman–Crippen LogP) is 2.92. The van der Waals surface area contributed by atoms with E-state index >= 15 is 0 Å². The number of halogens is 1. The molecule has 1 aromatic carbocycles. The van der Waals surface area contributed by atoms with Gasteiger partial charge in [-0.25, -0.2) is 0 Å². The summed E-state index contributed by atoms with van der Waals surface area (Å²) in [6.07, 6.45) is 3.73. The summed E-state index contributed by atoms with van der Waals surface area (Å²) in [7, 11) is 0. The van der Waals surface area contributed by atoms with E-state index in [1.54, 1.807) is 18.3 Å². The summed E-state index contributed by atoms with van der Waals surface area (Å²) in [5.41, 5.74) is 5.85. The summed E-state index contributed by atoms with van der Waals surface area (Å²) in [5, 5.41) is 1.73. The highest BCUT2D eigenvalue weighted by molar-refractivity contribution is 6.32. The molecular weight excluding hydrogens is 366 g/mol. The van der Waals surface area contributed by atoms with Gasteiger partial charge in [-0.2, -0.15) is 0 Å². The number of H-pyrrole nitrogens is 1. The number of nitrogens with two attached hydrogens (primary N) is 1. The first-order valence-electron chi connectivity index (χ1n) is 9.37. The number of carbonyl (C=O) groups is 1. The van der Waals surface area contributed by atoms with Crippen molar-refractivity contribution in [3.05, 3.63) is 39.8 Å². The second kappa shape index (κ2) is 8.31. The summed E-state index contributed by atoms with van der Waals surface area (Å²) in [4.78, 5) is 28.8. The fourth-order valence-electron chi connectivity index (χ4n) is 3.50. The zero-order valence-electron chi connectivity index (χ0n) is 15.7. The van der Waals surface area contributed by atoms with Gasteiger partial charge in [0.05, 0.1) is 11.1 Å². The van der Waals surface area contributed by atoms with Crippen LogP contribution in [0.3, 0.4) is 0 Å². The van der Waals surface area contributed by atoms with Gasteiger partial charge in [-0.3, -0.25) is 9.59 Å². The Kier molecular flexibility index (Phi) is 6.07. The maximum absolute atomic E-state index is 12.4. The highest BCUT2D eigenvalue weighted by Crippen LogP contribution is 2.31. The van der Waals surface area contributed by atoms with Crippen molar-refractivity contribution in [2.45, 2.75) is 45.3 Å². The molecule has 1 atom stereocenters. The molecule has 1 unspecified atom stereocenters. The van der Waals surface area contributed by atoms with Crippen molar-refractivity contribution >= 4 is 28.3 Å². The Morgan fingerprint density at radius 1 is 1.37 bits per heavy atom. The van der Waals surface area contributed by atoms with Crippen LogP contribution in [0.2, 0.25) is 5.02 Å². The maximum Gasteiger partial charge on any atom is 0.255 e. The minimum absolute atomic E-state index is 0.0186. The number of rotatable bonds is 5. The first-order valence-corrected chi connectivity index (χ1v) is 9.75. The lowest BCUT2D eigenvalue weighted by Gasteiger charge is -2.34. The molecule has 1 fully saturated rings. The Bertz CT molecular complexity index is 872. The van der Waals surface area contributed by atoms with E-state index in [1.165, 1.54) is 0 Å². The predicted molar refractivity (Wildman–Crippen MR) is 107 cm³/mol. The number of piperidine rings is 1. The number of amides is 1. The Balaban J connectivity index is 1.63. The lowest BCUT2D eigenvalue weighted by Crippen LogP contribution is -2.49. The lowest BCUT2D eigenvalue weighted by atomic mass is 10.0. The van der Waals surface area contributed by atoms with E-state index in [4.69, 9.17) is 22.1 Å². The topological polar surface area (TPSA) is 88.4 Å². The molecular formula is C20H26ClN3O3. The molecule has 2 aromatic rings. The minimum atomic E-state index is -0.435. The first-order chi connectivity index (χ1) is 12.8. The van der Waals surface area contributed by atoms with E-state index < -0.39 is 6.04 Å². The standard InChI is InChI=1S/C20H26ClN3O3/c1-12(2)9-17(22)20(26)24-7-4-14(5-8-24)27-18-10-13-3-6-23-19(25)15(13)11-16(18)21/h3,6,10-12,14,17H,4-5,7-9,22H2,1-2H3,(H,23,25). The summed E-state index contributed by atoms with van der Waals surface area (Å²) in [5.74, 6) is 0.980. The van der Waals surface area contributed by atoms with Gasteiger partial charge in [0.1, 0.15) is 11.9 Å². The molecule has 0 saturated carbocycles. The number of hydrogen-bond acceptors (Lipinski definition) is 4. The van der Waals surface area contributed by atoms with Crippen LogP contribution in [0.5, 0.6) is 5.75 Å². The van der Waals surface area contributed by atoms with Crippen molar-refractivity contribution in [3.63, 3.8) is 0 Å². The minimum Gasteiger partial charge on any atom is -0.489 e. The lowest BCUT2D eigenvalue weighted by molar-refractivity contribution is -0.134. The smallest absolute Gasteiger partial charge is 0.255 e. The SMILES string of the molecule is CC(C)CC(N)C(=O)N1CCC(Oc2cc3cc[nH]c(=O)c3cc2Cl)CC1. The van der Waals surface area contributed by atoms with Gasteiger partial charge in [-0.1, -0.05) is 25.4 Å². The molecule has 0 radical (unpaired) electrons. The van der Waals surface area contributed by atoms with E-state index in [2.05, 4.69) is 18.8 Å². The van der Waals surface area contributed by atoms with Gasteiger partial charge in [-0.05, 0) is 35.9 Å². The van der Waals surface area contributed by atoms with Gasteiger partial charge in [0.2, 0.25) is 5.91 Å². The summed E-state index contributed by atoms with van der Waals surface area (Å²) in [6, 6.07) is 4.81. The highest BCUT2D eigenvalue weighted by Gasteiger charge is 2.27. The van der Waals surface area contributed by atoms with Crippen LogP contribution in [0.25, 0.3) is 10.8 Å². The molecule has 3 rings (SSSR count). The fraction of sp³-hybridized carbons (Fsp3) is 0.500. The van der Waals surface area contributed by atoms with Crippen molar-refractivity contribution in [1.82, 2.24) is 9.88 Å². The zero-order chi connectivity index (χ0) is 19.6. The largest absolute Gasteiger partial charge is 0.489 e. The molecule has 1 aromatic heterocycles. The van der Waals surface area contributed by atoms with Crippen LogP contribution in [0.4, 0.5) is 0 Å². The number of aromatic nitrogens is 1. The number of likely N-dealkylation sites (tertiary alicyclic amines) is 1. The normalized spacial score (nSPS) is 16.7. The molecule has 6 nitrogen and oxygen atoms in total. The van der Waals surface area contributed by atoms with Crippen molar-refractivity contribution in [2.24, 2.45) is 11.7 Å². The Morgan fingerprint density at radius 3 is 2.74 bits per heavy atom. The van der Waals surface area contributed by atoms with Gasteiger partial charge in [-0.15, -0.1) is 0 Å². The quantitative estimate of drug-likeness (QED) is 0.820. The van der Waals surface area contributed by atoms with Gasteiger partial charge in [0, 0.05) is 37.5 Å². The molecule has 1 amide bonds. The van der Waals surface area contributed by atoms with E-state index in [-0.39, 0.29) is 17.6 Å². The van der Waals surface area contributed by atoms with Gasteiger partial charge >= 0.3 is 0 Å². The molecule has 0 aliphatic carbocycles. The third-order valence-electron chi connectivity index (χ3n) is 4.92. The van der Waals surface area contributed by atoms with Crippen LogP contribution < -0.4 is 16.0 Å². The van der Waals surface area contributed by atoms with Gasteiger partial charge in [0.15, 0.2) is 0 Å². The third kappa shape index (κ3) is 4.62. The van der Waals surface area contributed by atoms with E-state index in [1.807, 2.05) is 11.0 Å². The number of aromatic amines is 1. The van der Waals surface area contributed by atoms with Crippen LogP contribution in [0, 0.1) is 5.92 Å².